The molecule has 0 bridgehead atoms. The molecule has 1 unspecified atom stereocenters. The zero-order valence-electron chi connectivity index (χ0n) is 12.8. The number of fused-ring (bicyclic) bond motifs is 1. The van der Waals surface area contributed by atoms with Crippen molar-refractivity contribution in [1.29, 1.82) is 0 Å². The summed E-state index contributed by atoms with van der Waals surface area (Å²) in [7, 11) is -3.66. The van der Waals surface area contributed by atoms with Crippen LogP contribution in [0.5, 0.6) is 0 Å². The third-order valence-electron chi connectivity index (χ3n) is 3.36. The molecule has 0 aromatic heterocycles. The van der Waals surface area contributed by atoms with Crippen LogP contribution in [-0.4, -0.2) is 38.6 Å². The highest BCUT2D eigenvalue weighted by atomic mass is 32.2. The van der Waals surface area contributed by atoms with Crippen LogP contribution in [0.25, 0.3) is 10.8 Å². The van der Waals surface area contributed by atoms with Gasteiger partial charge in [0, 0.05) is 19.0 Å². The van der Waals surface area contributed by atoms with Crippen LogP contribution in [-0.2, 0) is 14.8 Å². The molecule has 2 aromatic rings. The summed E-state index contributed by atoms with van der Waals surface area (Å²) in [6.07, 6.45) is 0.0111. The lowest BCUT2D eigenvalue weighted by Crippen LogP contribution is -2.37. The summed E-state index contributed by atoms with van der Waals surface area (Å²) < 4.78 is 26.9. The Kier molecular flexibility index (Phi) is 5.70. The van der Waals surface area contributed by atoms with Gasteiger partial charge in [0.25, 0.3) is 0 Å². The molecular formula is C16H20N2O4S. The minimum atomic E-state index is -3.66. The molecule has 0 aliphatic heterocycles. The van der Waals surface area contributed by atoms with Gasteiger partial charge < -0.3 is 10.4 Å². The minimum Gasteiger partial charge on any atom is -0.394 e. The maximum Gasteiger partial charge on any atom is 0.240 e. The van der Waals surface area contributed by atoms with Crippen molar-refractivity contribution in [2.75, 3.05) is 13.2 Å². The number of nitrogens with one attached hydrogen (secondary N) is 2. The van der Waals surface area contributed by atoms with Crippen molar-refractivity contribution in [3.05, 3.63) is 42.5 Å². The molecule has 3 N–H and O–H groups in total. The van der Waals surface area contributed by atoms with Crippen molar-refractivity contribution in [3.63, 3.8) is 0 Å². The van der Waals surface area contributed by atoms with Gasteiger partial charge in [-0.25, -0.2) is 13.1 Å². The molecule has 0 saturated heterocycles. The molecular weight excluding hydrogens is 316 g/mol. The van der Waals surface area contributed by atoms with Gasteiger partial charge in [-0.3, -0.25) is 4.79 Å². The molecule has 7 heteroatoms. The lowest BCUT2D eigenvalue weighted by Gasteiger charge is -2.11. The fraction of sp³-hybridized carbons (Fsp3) is 0.312. The highest BCUT2D eigenvalue weighted by Gasteiger charge is 2.15. The van der Waals surface area contributed by atoms with Crippen LogP contribution in [0.2, 0.25) is 0 Å². The number of sulfonamides is 1. The van der Waals surface area contributed by atoms with Gasteiger partial charge in [-0.2, -0.15) is 0 Å². The van der Waals surface area contributed by atoms with E-state index < -0.39 is 10.0 Å². The lowest BCUT2D eigenvalue weighted by atomic mass is 10.1. The van der Waals surface area contributed by atoms with Gasteiger partial charge in [0.2, 0.25) is 15.9 Å². The van der Waals surface area contributed by atoms with E-state index in [0.717, 1.165) is 10.8 Å². The maximum atomic E-state index is 12.3. The third kappa shape index (κ3) is 4.75. The Morgan fingerprint density at radius 2 is 1.87 bits per heavy atom. The number of benzene rings is 2. The first-order chi connectivity index (χ1) is 10.9. The van der Waals surface area contributed by atoms with E-state index in [4.69, 9.17) is 5.11 Å². The molecule has 23 heavy (non-hydrogen) atoms. The first-order valence-corrected chi connectivity index (χ1v) is 8.79. The molecule has 1 amide bonds. The van der Waals surface area contributed by atoms with Gasteiger partial charge in [-0.15, -0.1) is 0 Å². The number of aliphatic hydroxyl groups is 1. The summed E-state index contributed by atoms with van der Waals surface area (Å²) in [4.78, 5) is 11.7. The molecule has 1 atom stereocenters. The van der Waals surface area contributed by atoms with Crippen LogP contribution in [0, 0.1) is 0 Å². The van der Waals surface area contributed by atoms with Gasteiger partial charge in [0.05, 0.1) is 11.5 Å². The number of carbonyl (C=O) groups excluding carboxylic acids is 1. The highest BCUT2D eigenvalue weighted by Crippen LogP contribution is 2.18. The first kappa shape index (κ1) is 17.4. The van der Waals surface area contributed by atoms with Crippen LogP contribution < -0.4 is 10.0 Å². The van der Waals surface area contributed by atoms with Crippen molar-refractivity contribution < 1.29 is 18.3 Å². The van der Waals surface area contributed by atoms with Crippen molar-refractivity contribution in [1.82, 2.24) is 10.0 Å². The SMILES string of the molecule is CC(CO)NC(=O)CCNS(=O)(=O)c1ccc2ccccc2c1. The number of hydrogen-bond donors (Lipinski definition) is 3. The zero-order chi connectivity index (χ0) is 16.9. The number of aliphatic hydroxyl groups excluding tert-OH is 1. The minimum absolute atomic E-state index is 0.000851. The normalized spacial score (nSPS) is 13.0. The van der Waals surface area contributed by atoms with E-state index >= 15 is 0 Å². The maximum absolute atomic E-state index is 12.3. The molecule has 0 aliphatic carbocycles. The second kappa shape index (κ2) is 7.54. The predicted octanol–water partition coefficient (Wildman–Crippen LogP) is 1.01. The summed E-state index contributed by atoms with van der Waals surface area (Å²) in [6.45, 7) is 1.50. The Morgan fingerprint density at radius 3 is 2.57 bits per heavy atom. The van der Waals surface area contributed by atoms with Crippen molar-refractivity contribution in [2.24, 2.45) is 0 Å². The monoisotopic (exact) mass is 336 g/mol. The number of amides is 1. The fourth-order valence-electron chi connectivity index (χ4n) is 2.11. The Bertz CT molecular complexity index is 790. The topological polar surface area (TPSA) is 95.5 Å². The van der Waals surface area contributed by atoms with Crippen LogP contribution in [0.3, 0.4) is 0 Å². The van der Waals surface area contributed by atoms with Gasteiger partial charge >= 0.3 is 0 Å². The Balaban J connectivity index is 1.99. The summed E-state index contributed by atoms with van der Waals surface area (Å²) in [5.41, 5.74) is 0. The van der Waals surface area contributed by atoms with E-state index in [2.05, 4.69) is 10.0 Å². The van der Waals surface area contributed by atoms with Crippen molar-refractivity contribution in [3.8, 4) is 0 Å². The van der Waals surface area contributed by atoms with E-state index in [1.54, 1.807) is 25.1 Å². The molecule has 124 valence electrons. The van der Waals surface area contributed by atoms with Crippen LogP contribution in [0.4, 0.5) is 0 Å². The number of rotatable bonds is 7. The second-order valence-corrected chi connectivity index (χ2v) is 7.07. The molecule has 0 fully saturated rings. The Morgan fingerprint density at radius 1 is 1.17 bits per heavy atom. The molecule has 0 heterocycles. The van der Waals surface area contributed by atoms with Crippen molar-refractivity contribution in [2.45, 2.75) is 24.3 Å². The molecule has 0 aliphatic rings. The summed E-state index contributed by atoms with van der Waals surface area (Å²) in [6, 6.07) is 12.0. The van der Waals surface area contributed by atoms with Gasteiger partial charge in [-0.1, -0.05) is 30.3 Å². The Hall–Kier alpha value is -1.96. The first-order valence-electron chi connectivity index (χ1n) is 7.31. The van der Waals surface area contributed by atoms with E-state index in [-0.39, 0.29) is 36.4 Å². The van der Waals surface area contributed by atoms with Crippen LogP contribution in [0.1, 0.15) is 13.3 Å². The Labute approximate surface area is 135 Å². The zero-order valence-corrected chi connectivity index (χ0v) is 13.6. The molecule has 6 nitrogen and oxygen atoms in total. The third-order valence-corrected chi connectivity index (χ3v) is 4.82. The average molecular weight is 336 g/mol. The van der Waals surface area contributed by atoms with E-state index in [0.29, 0.717) is 0 Å². The molecule has 0 radical (unpaired) electrons. The van der Waals surface area contributed by atoms with E-state index in [9.17, 15) is 13.2 Å². The molecule has 2 rings (SSSR count). The predicted molar refractivity (Wildman–Crippen MR) is 88.4 cm³/mol. The van der Waals surface area contributed by atoms with Crippen LogP contribution >= 0.6 is 0 Å². The van der Waals surface area contributed by atoms with E-state index in [1.807, 2.05) is 24.3 Å². The standard InChI is InChI=1S/C16H20N2O4S/c1-12(11-19)18-16(20)8-9-17-23(21,22)15-7-6-13-4-2-3-5-14(13)10-15/h2-7,10,12,17,19H,8-9,11H2,1H3,(H,18,20). The highest BCUT2D eigenvalue weighted by molar-refractivity contribution is 7.89. The quantitative estimate of drug-likeness (QED) is 0.703. The number of hydrogen-bond acceptors (Lipinski definition) is 4. The van der Waals surface area contributed by atoms with Gasteiger partial charge in [0.15, 0.2) is 0 Å². The van der Waals surface area contributed by atoms with Crippen molar-refractivity contribution >= 4 is 26.7 Å². The summed E-state index contributed by atoms with van der Waals surface area (Å²) in [5.74, 6) is -0.312. The fourth-order valence-corrected chi connectivity index (χ4v) is 3.18. The molecule has 2 aromatic carbocycles. The second-order valence-electron chi connectivity index (χ2n) is 5.31. The average Bonchev–Trinajstić information content (AvgIpc) is 2.54. The smallest absolute Gasteiger partial charge is 0.240 e. The summed E-state index contributed by atoms with van der Waals surface area (Å²) >= 11 is 0. The number of carbonyl (C=O) groups is 1. The summed E-state index contributed by atoms with van der Waals surface area (Å²) in [5, 5.41) is 13.2. The van der Waals surface area contributed by atoms with Gasteiger partial charge in [-0.05, 0) is 29.8 Å². The van der Waals surface area contributed by atoms with Crippen LogP contribution in [0.15, 0.2) is 47.4 Å². The molecule has 0 spiro atoms. The lowest BCUT2D eigenvalue weighted by molar-refractivity contribution is -0.121. The largest absolute Gasteiger partial charge is 0.394 e. The molecule has 0 saturated carbocycles. The van der Waals surface area contributed by atoms with E-state index in [1.165, 1.54) is 0 Å². The van der Waals surface area contributed by atoms with Gasteiger partial charge in [0.1, 0.15) is 0 Å².